The fourth-order valence-electron chi connectivity index (χ4n) is 2.64. The number of ether oxygens (including phenoxy) is 1. The molecule has 0 bridgehead atoms. The number of hydrogen-bond donors (Lipinski definition) is 1. The normalized spacial score (nSPS) is 21.7. The van der Waals surface area contributed by atoms with Crippen molar-refractivity contribution in [3.8, 4) is 5.75 Å². The van der Waals surface area contributed by atoms with Gasteiger partial charge in [-0.15, -0.1) is 0 Å². The zero-order chi connectivity index (χ0) is 14.4. The maximum absolute atomic E-state index is 12.1. The maximum atomic E-state index is 12.1. The molecular formula is C17H25NO2. The molecule has 1 fully saturated rings. The van der Waals surface area contributed by atoms with Crippen molar-refractivity contribution in [2.45, 2.75) is 52.0 Å². The van der Waals surface area contributed by atoms with Crippen LogP contribution in [0.1, 0.15) is 56.3 Å². The second-order valence-electron chi connectivity index (χ2n) is 5.82. The van der Waals surface area contributed by atoms with E-state index in [0.717, 1.165) is 44.0 Å². The van der Waals surface area contributed by atoms with Gasteiger partial charge in [0.2, 0.25) is 0 Å². The summed E-state index contributed by atoms with van der Waals surface area (Å²) in [4.78, 5) is 12.1. The van der Waals surface area contributed by atoms with Gasteiger partial charge in [0.25, 0.3) is 5.91 Å². The van der Waals surface area contributed by atoms with Crippen LogP contribution in [0, 0.1) is 5.92 Å². The molecule has 3 heteroatoms. The molecule has 0 heterocycles. The van der Waals surface area contributed by atoms with Crippen molar-refractivity contribution >= 4 is 5.91 Å². The van der Waals surface area contributed by atoms with Gasteiger partial charge in [0.05, 0.1) is 6.61 Å². The highest BCUT2D eigenvalue weighted by molar-refractivity contribution is 5.94. The molecule has 1 amide bonds. The first kappa shape index (κ1) is 14.9. The molecule has 0 aromatic heterocycles. The highest BCUT2D eigenvalue weighted by Gasteiger charge is 2.22. The van der Waals surface area contributed by atoms with E-state index in [2.05, 4.69) is 19.2 Å². The molecule has 1 aromatic carbocycles. The number of nitrogens with one attached hydrogen (secondary N) is 1. The van der Waals surface area contributed by atoms with Crippen LogP contribution in [0.15, 0.2) is 24.3 Å². The molecule has 110 valence electrons. The Hall–Kier alpha value is -1.51. The minimum Gasteiger partial charge on any atom is -0.494 e. The molecule has 3 nitrogen and oxygen atoms in total. The van der Waals surface area contributed by atoms with Crippen molar-refractivity contribution in [3.63, 3.8) is 0 Å². The molecule has 2 atom stereocenters. The third-order valence-corrected chi connectivity index (χ3v) is 3.91. The third-order valence-electron chi connectivity index (χ3n) is 3.91. The van der Waals surface area contributed by atoms with Gasteiger partial charge >= 0.3 is 0 Å². The van der Waals surface area contributed by atoms with E-state index < -0.39 is 0 Å². The summed E-state index contributed by atoms with van der Waals surface area (Å²) in [5, 5.41) is 3.12. The van der Waals surface area contributed by atoms with Gasteiger partial charge in [-0.2, -0.15) is 0 Å². The van der Waals surface area contributed by atoms with Crippen molar-refractivity contribution in [1.29, 1.82) is 0 Å². The van der Waals surface area contributed by atoms with Gasteiger partial charge < -0.3 is 10.1 Å². The summed E-state index contributed by atoms with van der Waals surface area (Å²) >= 11 is 0. The Morgan fingerprint density at radius 2 is 2.05 bits per heavy atom. The second-order valence-corrected chi connectivity index (χ2v) is 5.82. The molecule has 0 radical (unpaired) electrons. The van der Waals surface area contributed by atoms with E-state index >= 15 is 0 Å². The molecule has 20 heavy (non-hydrogen) atoms. The monoisotopic (exact) mass is 275 g/mol. The Labute approximate surface area is 121 Å². The zero-order valence-electron chi connectivity index (χ0n) is 12.5. The minimum atomic E-state index is 0.0317. The van der Waals surface area contributed by atoms with Crippen molar-refractivity contribution < 1.29 is 9.53 Å². The number of hydrogen-bond acceptors (Lipinski definition) is 2. The van der Waals surface area contributed by atoms with Crippen molar-refractivity contribution in [2.75, 3.05) is 6.61 Å². The van der Waals surface area contributed by atoms with E-state index in [9.17, 15) is 4.79 Å². The van der Waals surface area contributed by atoms with Gasteiger partial charge in [-0.05, 0) is 55.9 Å². The summed E-state index contributed by atoms with van der Waals surface area (Å²) in [6.07, 6.45) is 5.60. The van der Waals surface area contributed by atoms with Crippen molar-refractivity contribution in [1.82, 2.24) is 5.32 Å². The molecule has 1 aromatic rings. The molecule has 1 saturated carbocycles. The predicted octanol–water partition coefficient (Wildman–Crippen LogP) is 3.78. The summed E-state index contributed by atoms with van der Waals surface area (Å²) in [5.41, 5.74) is 0.715. The first-order valence-corrected chi connectivity index (χ1v) is 7.72. The highest BCUT2D eigenvalue weighted by atomic mass is 16.5. The van der Waals surface area contributed by atoms with Crippen LogP contribution in [0.5, 0.6) is 5.75 Å². The Bertz CT molecular complexity index is 427. The first-order chi connectivity index (χ1) is 9.69. The number of carbonyl (C=O) groups is 1. The molecular weight excluding hydrogens is 250 g/mol. The number of amides is 1. The quantitative estimate of drug-likeness (QED) is 0.802. The lowest BCUT2D eigenvalue weighted by Gasteiger charge is -2.13. The Morgan fingerprint density at radius 3 is 2.65 bits per heavy atom. The molecule has 0 spiro atoms. The summed E-state index contributed by atoms with van der Waals surface area (Å²) in [6.45, 7) is 5.12. The number of rotatable bonds is 6. The largest absolute Gasteiger partial charge is 0.494 e. The Morgan fingerprint density at radius 1 is 1.30 bits per heavy atom. The van der Waals surface area contributed by atoms with Crippen LogP contribution >= 0.6 is 0 Å². The number of benzene rings is 1. The van der Waals surface area contributed by atoms with Gasteiger partial charge in [0, 0.05) is 11.6 Å². The molecule has 2 rings (SSSR count). The van der Waals surface area contributed by atoms with E-state index in [4.69, 9.17) is 4.74 Å². The van der Waals surface area contributed by atoms with Gasteiger partial charge in [-0.25, -0.2) is 0 Å². The average Bonchev–Trinajstić information content (AvgIpc) is 2.85. The minimum absolute atomic E-state index is 0.0317. The lowest BCUT2D eigenvalue weighted by molar-refractivity contribution is 0.0937. The molecule has 1 aliphatic rings. The molecule has 0 aliphatic heterocycles. The topological polar surface area (TPSA) is 38.3 Å². The van der Waals surface area contributed by atoms with Crippen LogP contribution < -0.4 is 10.1 Å². The van der Waals surface area contributed by atoms with E-state index in [1.165, 1.54) is 6.42 Å². The van der Waals surface area contributed by atoms with Gasteiger partial charge in [-0.1, -0.05) is 20.3 Å². The van der Waals surface area contributed by atoms with Crippen LogP contribution in [-0.4, -0.2) is 18.6 Å². The fraction of sp³-hybridized carbons (Fsp3) is 0.588. The van der Waals surface area contributed by atoms with Gasteiger partial charge in [0.15, 0.2) is 0 Å². The van der Waals surface area contributed by atoms with E-state index in [-0.39, 0.29) is 5.91 Å². The highest BCUT2D eigenvalue weighted by Crippen LogP contribution is 2.25. The van der Waals surface area contributed by atoms with E-state index in [0.29, 0.717) is 11.6 Å². The van der Waals surface area contributed by atoms with Crippen LogP contribution in [0.3, 0.4) is 0 Å². The second kappa shape index (κ2) is 7.32. The fourth-order valence-corrected chi connectivity index (χ4v) is 2.64. The zero-order valence-corrected chi connectivity index (χ0v) is 12.5. The van der Waals surface area contributed by atoms with Crippen molar-refractivity contribution in [3.05, 3.63) is 29.8 Å². The van der Waals surface area contributed by atoms with E-state index in [1.54, 1.807) is 0 Å². The molecule has 1 N–H and O–H groups in total. The lowest BCUT2D eigenvalue weighted by Crippen LogP contribution is -2.32. The smallest absolute Gasteiger partial charge is 0.251 e. The third kappa shape index (κ3) is 4.26. The summed E-state index contributed by atoms with van der Waals surface area (Å²) in [6, 6.07) is 7.78. The Kier molecular flexibility index (Phi) is 5.45. The van der Waals surface area contributed by atoms with Gasteiger partial charge in [-0.3, -0.25) is 4.79 Å². The summed E-state index contributed by atoms with van der Waals surface area (Å²) < 4.78 is 5.60. The predicted molar refractivity (Wildman–Crippen MR) is 81.1 cm³/mol. The van der Waals surface area contributed by atoms with Crippen LogP contribution in [-0.2, 0) is 0 Å². The molecule has 1 aliphatic carbocycles. The standard InChI is InChI=1S/C17H25NO2/c1-3-4-11-20-16-9-6-14(7-10-16)17(19)18-15-8-5-13(2)12-15/h6-7,9-10,13,15H,3-5,8,11-12H2,1-2H3,(H,18,19). The maximum Gasteiger partial charge on any atom is 0.251 e. The van der Waals surface area contributed by atoms with Crippen LogP contribution in [0.25, 0.3) is 0 Å². The number of carbonyl (C=O) groups excluding carboxylic acids is 1. The summed E-state index contributed by atoms with van der Waals surface area (Å²) in [7, 11) is 0. The van der Waals surface area contributed by atoms with Crippen LogP contribution in [0.4, 0.5) is 0 Å². The number of unbranched alkanes of at least 4 members (excludes halogenated alkanes) is 1. The molecule has 2 unspecified atom stereocenters. The summed E-state index contributed by atoms with van der Waals surface area (Å²) in [5.74, 6) is 1.60. The van der Waals surface area contributed by atoms with Crippen LogP contribution in [0.2, 0.25) is 0 Å². The first-order valence-electron chi connectivity index (χ1n) is 7.72. The lowest BCUT2D eigenvalue weighted by atomic mass is 10.1. The van der Waals surface area contributed by atoms with E-state index in [1.807, 2.05) is 24.3 Å². The molecule has 0 saturated heterocycles. The van der Waals surface area contributed by atoms with Gasteiger partial charge in [0.1, 0.15) is 5.75 Å². The van der Waals surface area contributed by atoms with Crippen molar-refractivity contribution in [2.24, 2.45) is 5.92 Å². The average molecular weight is 275 g/mol. The Balaban J connectivity index is 1.84. The SMILES string of the molecule is CCCCOc1ccc(C(=O)NC2CCC(C)C2)cc1.